The van der Waals surface area contributed by atoms with Crippen molar-refractivity contribution in [2.75, 3.05) is 6.54 Å². The van der Waals surface area contributed by atoms with Crippen molar-refractivity contribution in [1.82, 2.24) is 10.2 Å². The molecule has 14 heavy (non-hydrogen) atoms. The molecule has 0 fully saturated rings. The second-order valence-corrected chi connectivity index (χ2v) is 2.79. The molecule has 1 atom stereocenters. The van der Waals surface area contributed by atoms with Gasteiger partial charge in [0.1, 0.15) is 5.69 Å². The van der Waals surface area contributed by atoms with Crippen LogP contribution in [0.4, 0.5) is 13.2 Å². The third kappa shape index (κ3) is 2.24. The molecule has 7 heteroatoms. The van der Waals surface area contributed by atoms with Crippen molar-refractivity contribution in [1.29, 1.82) is 0 Å². The highest BCUT2D eigenvalue weighted by Crippen LogP contribution is 2.33. The van der Waals surface area contributed by atoms with Gasteiger partial charge in [-0.05, 0) is 13.0 Å². The van der Waals surface area contributed by atoms with E-state index in [0.717, 1.165) is 6.20 Å². The Morgan fingerprint density at radius 2 is 2.21 bits per heavy atom. The van der Waals surface area contributed by atoms with Crippen molar-refractivity contribution in [3.8, 4) is 0 Å². The summed E-state index contributed by atoms with van der Waals surface area (Å²) < 4.78 is 36.8. The van der Waals surface area contributed by atoms with Crippen molar-refractivity contribution in [3.05, 3.63) is 17.5 Å². The van der Waals surface area contributed by atoms with Crippen molar-refractivity contribution < 1.29 is 18.3 Å². The summed E-state index contributed by atoms with van der Waals surface area (Å²) in [5.74, 6) is 0. The molecule has 1 aromatic heterocycles. The zero-order chi connectivity index (χ0) is 10.8. The third-order valence-corrected chi connectivity index (χ3v) is 1.75. The van der Waals surface area contributed by atoms with Gasteiger partial charge in [0.2, 0.25) is 0 Å². The minimum absolute atomic E-state index is 0.0720. The van der Waals surface area contributed by atoms with Crippen LogP contribution in [-0.2, 0) is 6.18 Å². The highest BCUT2D eigenvalue weighted by molar-refractivity contribution is 5.21. The molecule has 1 aromatic rings. The number of halogens is 3. The summed E-state index contributed by atoms with van der Waals surface area (Å²) in [5, 5.41) is 14.4. The Kier molecular flexibility index (Phi) is 3.12. The average molecular weight is 209 g/mol. The number of alkyl halides is 3. The van der Waals surface area contributed by atoms with Gasteiger partial charge in [-0.3, -0.25) is 5.10 Å². The predicted molar refractivity (Wildman–Crippen MR) is 42.2 cm³/mol. The Balaban J connectivity index is 2.93. The molecular formula is C7H10F3N3O. The number of H-pyrrole nitrogens is 1. The van der Waals surface area contributed by atoms with Crippen molar-refractivity contribution >= 4 is 0 Å². The highest BCUT2D eigenvalue weighted by Gasteiger charge is 2.37. The lowest BCUT2D eigenvalue weighted by Crippen LogP contribution is -2.13. The smallest absolute Gasteiger partial charge is 0.388 e. The van der Waals surface area contributed by atoms with E-state index in [1.807, 2.05) is 5.10 Å². The van der Waals surface area contributed by atoms with Crippen LogP contribution in [0.2, 0.25) is 0 Å². The second-order valence-electron chi connectivity index (χ2n) is 2.79. The van der Waals surface area contributed by atoms with Crippen LogP contribution in [0.5, 0.6) is 0 Å². The molecule has 0 unspecified atom stereocenters. The van der Waals surface area contributed by atoms with Crippen molar-refractivity contribution in [3.63, 3.8) is 0 Å². The van der Waals surface area contributed by atoms with Gasteiger partial charge in [-0.25, -0.2) is 0 Å². The van der Waals surface area contributed by atoms with Crippen molar-refractivity contribution in [2.45, 2.75) is 18.7 Å². The van der Waals surface area contributed by atoms with E-state index in [-0.39, 0.29) is 18.5 Å². The first-order valence-electron chi connectivity index (χ1n) is 3.95. The summed E-state index contributed by atoms with van der Waals surface area (Å²) in [7, 11) is 0. The second kappa shape index (κ2) is 3.97. The summed E-state index contributed by atoms with van der Waals surface area (Å²) >= 11 is 0. The molecule has 0 aromatic carbocycles. The monoisotopic (exact) mass is 209 g/mol. The molecule has 0 aliphatic heterocycles. The zero-order valence-electron chi connectivity index (χ0n) is 7.17. The van der Waals surface area contributed by atoms with Gasteiger partial charge in [0.05, 0.1) is 12.3 Å². The molecule has 0 spiro atoms. The number of nitrogens with two attached hydrogens (primary N) is 1. The molecule has 0 saturated carbocycles. The lowest BCUT2D eigenvalue weighted by atomic mass is 10.1. The first kappa shape index (κ1) is 11.0. The summed E-state index contributed by atoms with van der Waals surface area (Å²) in [6.07, 6.45) is -4.72. The number of aromatic nitrogens is 2. The maximum Gasteiger partial charge on any atom is 0.433 e. The van der Waals surface area contributed by atoms with Crippen LogP contribution in [0, 0.1) is 0 Å². The number of aliphatic hydroxyl groups is 1. The molecule has 0 radical (unpaired) electrons. The number of aliphatic hydroxyl groups excluding tert-OH is 1. The molecule has 1 heterocycles. The molecular weight excluding hydrogens is 199 g/mol. The molecule has 0 aliphatic rings. The van der Waals surface area contributed by atoms with Crippen LogP contribution in [0.15, 0.2) is 6.20 Å². The molecule has 80 valence electrons. The zero-order valence-corrected chi connectivity index (χ0v) is 7.17. The highest BCUT2D eigenvalue weighted by atomic mass is 19.4. The fourth-order valence-corrected chi connectivity index (χ4v) is 1.09. The molecule has 0 saturated heterocycles. The van der Waals surface area contributed by atoms with Gasteiger partial charge in [0, 0.05) is 5.56 Å². The summed E-state index contributed by atoms with van der Waals surface area (Å²) in [6, 6.07) is 0. The summed E-state index contributed by atoms with van der Waals surface area (Å²) in [5.41, 5.74) is 3.85. The van der Waals surface area contributed by atoms with Gasteiger partial charge in [-0.15, -0.1) is 0 Å². The van der Waals surface area contributed by atoms with Crippen LogP contribution in [0.3, 0.4) is 0 Å². The molecule has 1 rings (SSSR count). The molecule has 0 bridgehead atoms. The average Bonchev–Trinajstić information content (AvgIpc) is 2.50. The van der Waals surface area contributed by atoms with Gasteiger partial charge < -0.3 is 10.8 Å². The Morgan fingerprint density at radius 1 is 1.57 bits per heavy atom. The number of nitrogens with one attached hydrogen (secondary N) is 1. The lowest BCUT2D eigenvalue weighted by molar-refractivity contribution is -0.142. The number of aromatic amines is 1. The molecule has 4 N–H and O–H groups in total. The van der Waals surface area contributed by atoms with Crippen LogP contribution < -0.4 is 5.73 Å². The quantitative estimate of drug-likeness (QED) is 0.689. The van der Waals surface area contributed by atoms with Gasteiger partial charge >= 0.3 is 6.18 Å². The van der Waals surface area contributed by atoms with Gasteiger partial charge in [-0.1, -0.05) is 0 Å². The summed E-state index contributed by atoms with van der Waals surface area (Å²) in [4.78, 5) is 0. The Bertz CT molecular complexity index is 297. The van der Waals surface area contributed by atoms with E-state index >= 15 is 0 Å². The van der Waals surface area contributed by atoms with Crippen LogP contribution in [0.25, 0.3) is 0 Å². The van der Waals surface area contributed by atoms with Crippen LogP contribution in [-0.4, -0.2) is 21.8 Å². The normalized spacial score (nSPS) is 14.4. The number of hydrogen-bond acceptors (Lipinski definition) is 3. The molecule has 0 aliphatic carbocycles. The number of nitrogens with zero attached hydrogens (tertiary/aromatic N) is 1. The fourth-order valence-electron chi connectivity index (χ4n) is 1.09. The van der Waals surface area contributed by atoms with Gasteiger partial charge in [-0.2, -0.15) is 18.3 Å². The van der Waals surface area contributed by atoms with Gasteiger partial charge in [0.15, 0.2) is 0 Å². The maximum atomic E-state index is 12.3. The Morgan fingerprint density at radius 3 is 2.71 bits per heavy atom. The standard InChI is InChI=1S/C7H10F3N3O/c8-7(9,10)6-4(3-12-13-6)5(14)1-2-11/h3,5,14H,1-2,11H2,(H,12,13)/t5-/m0/s1. The van der Waals surface area contributed by atoms with E-state index in [1.54, 1.807) is 0 Å². The van der Waals surface area contributed by atoms with Crippen molar-refractivity contribution in [2.24, 2.45) is 5.73 Å². The lowest BCUT2D eigenvalue weighted by Gasteiger charge is -2.11. The van der Waals surface area contributed by atoms with Crippen LogP contribution in [0.1, 0.15) is 23.8 Å². The minimum atomic E-state index is -4.53. The first-order valence-corrected chi connectivity index (χ1v) is 3.95. The third-order valence-electron chi connectivity index (χ3n) is 1.75. The first-order chi connectivity index (χ1) is 6.46. The van der Waals surface area contributed by atoms with Gasteiger partial charge in [0.25, 0.3) is 0 Å². The summed E-state index contributed by atoms with van der Waals surface area (Å²) in [6.45, 7) is 0.115. The Labute approximate surface area is 77.9 Å². The van der Waals surface area contributed by atoms with E-state index in [4.69, 9.17) is 5.73 Å². The van der Waals surface area contributed by atoms with E-state index in [1.165, 1.54) is 0 Å². The molecule has 0 amide bonds. The van der Waals surface area contributed by atoms with E-state index in [2.05, 4.69) is 5.10 Å². The number of rotatable bonds is 3. The minimum Gasteiger partial charge on any atom is -0.388 e. The fraction of sp³-hybridized carbons (Fsp3) is 0.571. The van der Waals surface area contributed by atoms with Crippen LogP contribution >= 0.6 is 0 Å². The number of hydrogen-bond donors (Lipinski definition) is 3. The van der Waals surface area contributed by atoms with E-state index < -0.39 is 18.0 Å². The molecule has 4 nitrogen and oxygen atoms in total. The largest absolute Gasteiger partial charge is 0.433 e. The van der Waals surface area contributed by atoms with E-state index in [0.29, 0.717) is 0 Å². The SMILES string of the molecule is NCC[C@H](O)c1cn[nH]c1C(F)(F)F. The predicted octanol–water partition coefficient (Wildman–Crippen LogP) is 0.811. The topological polar surface area (TPSA) is 74.9 Å². The Hall–Kier alpha value is -1.08. The maximum absolute atomic E-state index is 12.3. The van der Waals surface area contributed by atoms with E-state index in [9.17, 15) is 18.3 Å².